The predicted molar refractivity (Wildman–Crippen MR) is 172 cm³/mol. The van der Waals surface area contributed by atoms with E-state index in [2.05, 4.69) is 86.6 Å². The Hall–Kier alpha value is -3.63. The van der Waals surface area contributed by atoms with Gasteiger partial charge in [-0.15, -0.1) is 65.4 Å². The molecular weight excluding hydrogens is 713 g/mol. The van der Waals surface area contributed by atoms with E-state index in [9.17, 15) is 0 Å². The molecule has 4 aromatic heterocycles. The first-order valence-electron chi connectivity index (χ1n) is 13.9. The minimum atomic E-state index is 0. The summed E-state index contributed by atoms with van der Waals surface area (Å²) in [5, 5.41) is 5.71. The normalized spacial score (nSPS) is 11.4. The van der Waals surface area contributed by atoms with Gasteiger partial charge in [0.1, 0.15) is 5.58 Å². The first-order valence-corrected chi connectivity index (χ1v) is 14.7. The number of hydrogen-bond acceptors (Lipinski definition) is 4. The number of benzene rings is 3. The Morgan fingerprint density at radius 3 is 2.40 bits per heavy atom. The number of fused-ring (bicyclic) bond motifs is 5. The van der Waals surface area contributed by atoms with Crippen molar-refractivity contribution < 1.29 is 24.5 Å². The van der Waals surface area contributed by atoms with Gasteiger partial charge in [-0.2, -0.15) is 0 Å². The van der Waals surface area contributed by atoms with Crippen molar-refractivity contribution in [3.8, 4) is 22.5 Å². The summed E-state index contributed by atoms with van der Waals surface area (Å²) in [6.07, 6.45) is 4.86. The van der Waals surface area contributed by atoms with Crippen molar-refractivity contribution >= 4 is 43.4 Å². The summed E-state index contributed by atoms with van der Waals surface area (Å²) < 4.78 is 7.60. The van der Waals surface area contributed by atoms with Gasteiger partial charge in [-0.25, -0.2) is 0 Å². The van der Waals surface area contributed by atoms with Gasteiger partial charge < -0.3 is 14.4 Å². The van der Waals surface area contributed by atoms with Gasteiger partial charge in [-0.1, -0.05) is 55.5 Å². The second kappa shape index (κ2) is 12.3. The third-order valence-electron chi connectivity index (χ3n) is 7.12. The molecule has 3 nitrogen and oxygen atoms in total. The van der Waals surface area contributed by atoms with E-state index in [1.807, 2.05) is 55.7 Å². The Bertz CT molecular complexity index is 1970. The molecule has 213 valence electrons. The third-order valence-corrected chi connectivity index (χ3v) is 8.00. The van der Waals surface area contributed by atoms with Crippen LogP contribution in [0.4, 0.5) is 0 Å². The number of aryl methyl sites for hydroxylation is 2. The van der Waals surface area contributed by atoms with Gasteiger partial charge in [0.05, 0.1) is 5.58 Å². The SMILES string of the molecule is Cc1ccc(-c2[c-]cccc2)nc1.Cc1cnc(-c2[c-]ccc3c2oc2ccc4sccc4c23)cc1CC(C)(C)C.[Ir]. The Kier molecular flexibility index (Phi) is 8.75. The Morgan fingerprint density at radius 1 is 0.833 bits per heavy atom. The summed E-state index contributed by atoms with van der Waals surface area (Å²) in [6.45, 7) is 11.0. The Labute approximate surface area is 265 Å². The molecule has 0 fully saturated rings. The number of nitrogens with zero attached hydrogens (tertiary/aromatic N) is 2. The summed E-state index contributed by atoms with van der Waals surface area (Å²) >= 11 is 1.76. The average Bonchev–Trinajstić information content (AvgIpc) is 3.59. The quantitative estimate of drug-likeness (QED) is 0.169. The van der Waals surface area contributed by atoms with Crippen LogP contribution in [-0.4, -0.2) is 9.97 Å². The predicted octanol–water partition coefficient (Wildman–Crippen LogP) is 10.4. The van der Waals surface area contributed by atoms with Crippen LogP contribution >= 0.6 is 11.3 Å². The maximum Gasteiger partial charge on any atom is 0.121 e. The van der Waals surface area contributed by atoms with E-state index in [0.29, 0.717) is 0 Å². The molecule has 4 heterocycles. The van der Waals surface area contributed by atoms with Crippen LogP contribution in [-0.2, 0) is 26.5 Å². The van der Waals surface area contributed by atoms with Gasteiger partial charge in [-0.05, 0) is 71.8 Å². The summed E-state index contributed by atoms with van der Waals surface area (Å²) in [7, 11) is 0. The molecule has 0 saturated heterocycles. The molecule has 0 aliphatic carbocycles. The van der Waals surface area contributed by atoms with Crippen molar-refractivity contribution in [2.24, 2.45) is 5.41 Å². The smallest absolute Gasteiger partial charge is 0.121 e. The number of furan rings is 1. The van der Waals surface area contributed by atoms with Gasteiger partial charge in [0.25, 0.3) is 0 Å². The molecule has 5 heteroatoms. The van der Waals surface area contributed by atoms with Crippen molar-refractivity contribution in [2.45, 2.75) is 41.0 Å². The largest absolute Gasteiger partial charge is 0.501 e. The topological polar surface area (TPSA) is 38.9 Å². The molecule has 0 bridgehead atoms. The number of aromatic nitrogens is 2. The second-order valence-corrected chi connectivity index (χ2v) is 12.6. The molecule has 1 radical (unpaired) electrons. The van der Waals surface area contributed by atoms with Crippen LogP contribution in [0.25, 0.3) is 54.5 Å². The molecule has 7 aromatic rings. The average molecular weight is 745 g/mol. The van der Waals surface area contributed by atoms with Crippen LogP contribution < -0.4 is 0 Å². The van der Waals surface area contributed by atoms with Crippen LogP contribution in [0.2, 0.25) is 0 Å². The third kappa shape index (κ3) is 6.24. The van der Waals surface area contributed by atoms with Crippen molar-refractivity contribution in [2.75, 3.05) is 0 Å². The van der Waals surface area contributed by atoms with Gasteiger partial charge >= 0.3 is 0 Å². The van der Waals surface area contributed by atoms with Gasteiger partial charge in [-0.3, -0.25) is 0 Å². The molecule has 0 aliphatic heterocycles. The van der Waals surface area contributed by atoms with Gasteiger partial charge in [0.2, 0.25) is 0 Å². The maximum atomic E-state index is 6.32. The van der Waals surface area contributed by atoms with E-state index in [0.717, 1.165) is 45.5 Å². The van der Waals surface area contributed by atoms with Crippen LogP contribution in [0.3, 0.4) is 0 Å². The molecule has 0 atom stereocenters. The molecule has 0 spiro atoms. The number of pyridine rings is 2. The number of rotatable bonds is 3. The molecule has 0 saturated carbocycles. The summed E-state index contributed by atoms with van der Waals surface area (Å²) in [5.41, 5.74) is 9.65. The zero-order chi connectivity index (χ0) is 28.6. The van der Waals surface area contributed by atoms with Crippen molar-refractivity contribution in [3.05, 3.63) is 119 Å². The first kappa shape index (κ1) is 29.8. The van der Waals surface area contributed by atoms with Crippen LogP contribution in [0, 0.1) is 31.4 Å². The molecular formula is C37H32IrN2OS-2. The van der Waals surface area contributed by atoms with E-state index in [-0.39, 0.29) is 25.5 Å². The number of hydrogen-bond donors (Lipinski definition) is 0. The molecule has 0 amide bonds. The standard InChI is InChI=1S/C25H22NOS.C12H10N.Ir/c1-15-14-26-20(12-16(15)13-25(2,3)4)17-6-5-7-19-23-18-10-11-28-22(18)9-8-21(23)27-24(17)19;1-10-7-8-12(13-9-10)11-5-3-2-4-6-11;/h5,7-12,14H,13H2,1-4H3;2-5,7-9H,1H3;/q2*-1;. The second-order valence-electron chi connectivity index (χ2n) is 11.7. The molecule has 42 heavy (non-hydrogen) atoms. The molecule has 3 aromatic carbocycles. The Morgan fingerprint density at radius 2 is 1.67 bits per heavy atom. The minimum absolute atomic E-state index is 0. The minimum Gasteiger partial charge on any atom is -0.501 e. The summed E-state index contributed by atoms with van der Waals surface area (Å²) in [5.74, 6) is 0. The van der Waals surface area contributed by atoms with E-state index < -0.39 is 0 Å². The van der Waals surface area contributed by atoms with E-state index in [4.69, 9.17) is 9.40 Å². The summed E-state index contributed by atoms with van der Waals surface area (Å²) in [4.78, 5) is 9.04. The first-order chi connectivity index (χ1) is 19.8. The number of thiophene rings is 1. The van der Waals surface area contributed by atoms with Crippen molar-refractivity contribution in [1.29, 1.82) is 0 Å². The van der Waals surface area contributed by atoms with E-state index >= 15 is 0 Å². The zero-order valence-corrected chi connectivity index (χ0v) is 27.6. The van der Waals surface area contributed by atoms with Crippen LogP contribution in [0.5, 0.6) is 0 Å². The van der Waals surface area contributed by atoms with Crippen molar-refractivity contribution in [3.63, 3.8) is 0 Å². The monoisotopic (exact) mass is 745 g/mol. The molecule has 0 N–H and O–H groups in total. The molecule has 0 aliphatic rings. The fourth-order valence-electron chi connectivity index (χ4n) is 5.12. The fraction of sp³-hybridized carbons (Fsp3) is 0.189. The maximum absolute atomic E-state index is 6.32. The molecule has 0 unspecified atom stereocenters. The summed E-state index contributed by atoms with van der Waals surface area (Å²) in [6, 6.07) is 31.2. The molecule has 7 rings (SSSR count). The Balaban J connectivity index is 0.000000212. The van der Waals surface area contributed by atoms with Crippen LogP contribution in [0.15, 0.2) is 95.0 Å². The zero-order valence-electron chi connectivity index (χ0n) is 24.4. The fourth-order valence-corrected chi connectivity index (χ4v) is 5.91. The van der Waals surface area contributed by atoms with Gasteiger partial charge in [0, 0.05) is 48.0 Å². The van der Waals surface area contributed by atoms with Crippen LogP contribution in [0.1, 0.15) is 37.5 Å². The van der Waals surface area contributed by atoms with E-state index in [1.54, 1.807) is 11.3 Å². The van der Waals surface area contributed by atoms with Crippen molar-refractivity contribution in [1.82, 2.24) is 9.97 Å². The van der Waals surface area contributed by atoms with Gasteiger partial charge in [0.15, 0.2) is 0 Å². The van der Waals surface area contributed by atoms with E-state index in [1.165, 1.54) is 32.2 Å².